The third kappa shape index (κ3) is 3.67. The number of likely N-dealkylation sites (N-methyl/N-ethyl adjacent to an activating group) is 1. The molecule has 2 aliphatic heterocycles. The minimum Gasteiger partial charge on any atom is -0.323 e. The first-order chi connectivity index (χ1) is 13.2. The normalized spacial score (nSPS) is 24.1. The van der Waals surface area contributed by atoms with E-state index in [1.54, 1.807) is 0 Å². The molecule has 2 saturated heterocycles. The minimum atomic E-state index is -3.66. The van der Waals surface area contributed by atoms with Crippen molar-refractivity contribution in [2.45, 2.75) is 56.6 Å². The fourth-order valence-electron chi connectivity index (χ4n) is 4.18. The van der Waals surface area contributed by atoms with Gasteiger partial charge in [-0.1, -0.05) is 43.5 Å². The zero-order valence-corrected chi connectivity index (χ0v) is 18.7. The van der Waals surface area contributed by atoms with Crippen molar-refractivity contribution in [3.63, 3.8) is 0 Å². The van der Waals surface area contributed by atoms with Crippen LogP contribution >= 0.6 is 23.2 Å². The van der Waals surface area contributed by atoms with Crippen LogP contribution in [-0.2, 0) is 14.8 Å². The van der Waals surface area contributed by atoms with Crippen LogP contribution in [0.2, 0.25) is 10.0 Å². The smallest absolute Gasteiger partial charge is 0.243 e. The first-order valence-electron chi connectivity index (χ1n) is 9.70. The van der Waals surface area contributed by atoms with Crippen molar-refractivity contribution < 1.29 is 13.2 Å². The third-order valence-corrected chi connectivity index (χ3v) is 8.71. The summed E-state index contributed by atoms with van der Waals surface area (Å²) in [6.07, 6.45) is 2.02. The van der Waals surface area contributed by atoms with Gasteiger partial charge in [-0.3, -0.25) is 10.1 Å². The molecule has 2 heterocycles. The molecule has 156 valence electrons. The Labute approximate surface area is 177 Å². The second-order valence-corrected chi connectivity index (χ2v) is 10.4. The molecule has 0 unspecified atom stereocenters. The van der Waals surface area contributed by atoms with Crippen molar-refractivity contribution in [1.29, 1.82) is 0 Å². The molecular weight excluding hydrogens is 421 g/mol. The van der Waals surface area contributed by atoms with E-state index >= 15 is 0 Å². The highest BCUT2D eigenvalue weighted by atomic mass is 35.5. The van der Waals surface area contributed by atoms with E-state index in [0.717, 1.165) is 6.42 Å². The van der Waals surface area contributed by atoms with Gasteiger partial charge in [-0.15, -0.1) is 0 Å². The van der Waals surface area contributed by atoms with Gasteiger partial charge < -0.3 is 4.90 Å². The van der Waals surface area contributed by atoms with Gasteiger partial charge in [-0.25, -0.2) is 8.42 Å². The van der Waals surface area contributed by atoms with Gasteiger partial charge >= 0.3 is 0 Å². The van der Waals surface area contributed by atoms with E-state index in [4.69, 9.17) is 23.2 Å². The Morgan fingerprint density at radius 3 is 2.39 bits per heavy atom. The van der Waals surface area contributed by atoms with Gasteiger partial charge in [-0.05, 0) is 43.9 Å². The van der Waals surface area contributed by atoms with E-state index < -0.39 is 15.7 Å². The Kier molecular flexibility index (Phi) is 6.32. The molecule has 1 aromatic carbocycles. The number of hydrogen-bond acceptors (Lipinski definition) is 4. The molecule has 0 saturated carbocycles. The average Bonchev–Trinajstić information content (AvgIpc) is 2.94. The number of rotatable bonds is 5. The molecule has 0 bridgehead atoms. The number of hydrogen-bond donors (Lipinski definition) is 1. The lowest BCUT2D eigenvalue weighted by Crippen LogP contribution is -2.59. The van der Waals surface area contributed by atoms with Gasteiger partial charge in [-0.2, -0.15) is 4.31 Å². The second-order valence-electron chi connectivity index (χ2n) is 7.60. The first kappa shape index (κ1) is 21.8. The van der Waals surface area contributed by atoms with Gasteiger partial charge in [0.05, 0.1) is 26.6 Å². The Morgan fingerprint density at radius 2 is 1.86 bits per heavy atom. The highest BCUT2D eigenvalue weighted by Gasteiger charge is 2.52. The van der Waals surface area contributed by atoms with Crippen LogP contribution in [0.5, 0.6) is 0 Å². The van der Waals surface area contributed by atoms with Crippen LogP contribution in [0.15, 0.2) is 23.1 Å². The van der Waals surface area contributed by atoms with E-state index in [-0.39, 0.29) is 27.8 Å². The molecule has 2 fully saturated rings. The van der Waals surface area contributed by atoms with Gasteiger partial charge in [0.1, 0.15) is 0 Å². The quantitative estimate of drug-likeness (QED) is 0.750. The lowest BCUT2D eigenvalue weighted by molar-refractivity contribution is -0.133. The van der Waals surface area contributed by atoms with Crippen LogP contribution in [0.25, 0.3) is 0 Å². The maximum absolute atomic E-state index is 13.0. The van der Waals surface area contributed by atoms with E-state index in [1.807, 2.05) is 11.8 Å². The summed E-state index contributed by atoms with van der Waals surface area (Å²) in [6.45, 7) is 7.41. The van der Waals surface area contributed by atoms with Gasteiger partial charge in [0.2, 0.25) is 15.9 Å². The number of amides is 1. The van der Waals surface area contributed by atoms with Crippen LogP contribution in [0.3, 0.4) is 0 Å². The van der Waals surface area contributed by atoms with Crippen molar-refractivity contribution in [2.24, 2.45) is 5.92 Å². The van der Waals surface area contributed by atoms with Gasteiger partial charge in [0, 0.05) is 19.6 Å². The maximum atomic E-state index is 13.0. The Morgan fingerprint density at radius 1 is 1.21 bits per heavy atom. The molecule has 1 amide bonds. The van der Waals surface area contributed by atoms with Crippen LogP contribution < -0.4 is 5.32 Å². The first-order valence-corrected chi connectivity index (χ1v) is 11.9. The minimum absolute atomic E-state index is 0.123. The molecular formula is C19H27Cl2N3O3S. The van der Waals surface area contributed by atoms with Crippen molar-refractivity contribution in [3.8, 4) is 0 Å². The summed E-state index contributed by atoms with van der Waals surface area (Å²) in [5, 5.41) is 4.09. The third-order valence-electron chi connectivity index (χ3n) is 6.08. The van der Waals surface area contributed by atoms with E-state index in [9.17, 15) is 13.2 Å². The summed E-state index contributed by atoms with van der Waals surface area (Å²) in [5.41, 5.74) is -0.469. The molecule has 2 atom stereocenters. The summed E-state index contributed by atoms with van der Waals surface area (Å²) in [6, 6.07) is 4.15. The summed E-state index contributed by atoms with van der Waals surface area (Å²) in [5.74, 6) is 0.358. The lowest BCUT2D eigenvalue weighted by atomic mass is 9.96. The fraction of sp³-hybridized carbons (Fsp3) is 0.632. The molecule has 1 aromatic rings. The number of carbonyl (C=O) groups is 1. The van der Waals surface area contributed by atoms with Crippen LogP contribution in [0.4, 0.5) is 0 Å². The zero-order chi connectivity index (χ0) is 20.7. The summed E-state index contributed by atoms with van der Waals surface area (Å²) >= 11 is 11.9. The highest BCUT2D eigenvalue weighted by molar-refractivity contribution is 7.89. The molecule has 3 rings (SSSR count). The largest absolute Gasteiger partial charge is 0.323 e. The van der Waals surface area contributed by atoms with E-state index in [0.29, 0.717) is 37.5 Å². The lowest BCUT2D eigenvalue weighted by Gasteiger charge is -2.44. The molecule has 1 N–H and O–H groups in total. The molecule has 1 spiro atoms. The number of nitrogens with zero attached hydrogens (tertiary/aromatic N) is 2. The Bertz CT molecular complexity index is 854. The zero-order valence-electron chi connectivity index (χ0n) is 16.4. The summed E-state index contributed by atoms with van der Waals surface area (Å²) in [4.78, 5) is 14.9. The van der Waals surface area contributed by atoms with Crippen molar-refractivity contribution >= 4 is 39.1 Å². The van der Waals surface area contributed by atoms with Crippen molar-refractivity contribution in [1.82, 2.24) is 14.5 Å². The number of sulfonamides is 1. The van der Waals surface area contributed by atoms with Crippen LogP contribution in [-0.4, -0.2) is 54.9 Å². The molecule has 0 aromatic heterocycles. The van der Waals surface area contributed by atoms with Gasteiger partial charge in [0.15, 0.2) is 0 Å². The predicted molar refractivity (Wildman–Crippen MR) is 111 cm³/mol. The molecule has 2 aliphatic rings. The molecule has 0 radical (unpaired) electrons. The molecule has 0 aliphatic carbocycles. The Hall–Kier alpha value is -0.860. The van der Waals surface area contributed by atoms with E-state index in [2.05, 4.69) is 19.2 Å². The SMILES string of the molecule is CC[C@@H](C)[C@@H]1NC2(CCN(S(=O)(=O)c3ccc(Cl)c(Cl)c3)CC2)N(CC)C1=O. The van der Waals surface area contributed by atoms with E-state index in [1.165, 1.54) is 22.5 Å². The predicted octanol–water partition coefficient (Wildman–Crippen LogP) is 3.34. The van der Waals surface area contributed by atoms with Crippen molar-refractivity contribution in [2.75, 3.05) is 19.6 Å². The molecule has 6 nitrogen and oxygen atoms in total. The average molecular weight is 448 g/mol. The summed E-state index contributed by atoms with van der Waals surface area (Å²) in [7, 11) is -3.66. The number of nitrogens with one attached hydrogen (secondary N) is 1. The number of piperidine rings is 1. The molecule has 9 heteroatoms. The number of carbonyl (C=O) groups excluding carboxylic acids is 1. The number of benzene rings is 1. The standard InChI is InChI=1S/C19H27Cl2N3O3S/c1-4-13(3)17-18(25)24(5-2)19(22-17)8-10-23(11-9-19)28(26,27)14-6-7-15(20)16(21)12-14/h6-7,12-13,17,22H,4-5,8-11H2,1-3H3/t13-,17+/m1/s1. The monoisotopic (exact) mass is 447 g/mol. The second kappa shape index (κ2) is 8.11. The summed E-state index contributed by atoms with van der Waals surface area (Å²) < 4.78 is 27.5. The van der Waals surface area contributed by atoms with Crippen LogP contribution in [0, 0.1) is 5.92 Å². The van der Waals surface area contributed by atoms with Gasteiger partial charge in [0.25, 0.3) is 0 Å². The fourth-order valence-corrected chi connectivity index (χ4v) is 6.02. The topological polar surface area (TPSA) is 69.7 Å². The maximum Gasteiger partial charge on any atom is 0.243 e. The van der Waals surface area contributed by atoms with Crippen molar-refractivity contribution in [3.05, 3.63) is 28.2 Å². The Balaban J connectivity index is 1.79. The molecule has 28 heavy (non-hydrogen) atoms. The van der Waals surface area contributed by atoms with Crippen LogP contribution in [0.1, 0.15) is 40.0 Å². The number of halogens is 2. The highest BCUT2D eigenvalue weighted by Crippen LogP contribution is 2.36.